The van der Waals surface area contributed by atoms with Gasteiger partial charge in [0.05, 0.1) is 0 Å². The van der Waals surface area contributed by atoms with E-state index in [-0.39, 0.29) is 0 Å². The van der Waals surface area contributed by atoms with Crippen molar-refractivity contribution >= 4 is 0 Å². The molecule has 1 aliphatic heterocycles. The van der Waals surface area contributed by atoms with E-state index in [1.165, 1.54) is 25.9 Å². The van der Waals surface area contributed by atoms with E-state index in [0.29, 0.717) is 0 Å². The molecule has 0 saturated carbocycles. The van der Waals surface area contributed by atoms with E-state index in [1.807, 2.05) is 0 Å². The normalized spacial score (nSPS) is 26.2. The third-order valence-corrected chi connectivity index (χ3v) is 3.00. The maximum Gasteiger partial charge on any atom is 0.0114 e. The Morgan fingerprint density at radius 2 is 1.62 bits per heavy atom. The van der Waals surface area contributed by atoms with E-state index >= 15 is 0 Å². The fraction of sp³-hybridized carbons (Fsp3) is 0.818. The number of nitrogens with one attached hydrogen (secondary N) is 1. The second-order valence-corrected chi connectivity index (χ2v) is 3.87. The van der Waals surface area contributed by atoms with Crippen LogP contribution in [0.25, 0.3) is 0 Å². The van der Waals surface area contributed by atoms with Crippen LogP contribution in [-0.2, 0) is 0 Å². The monoisotopic (exact) mass is 178 g/mol. The van der Waals surface area contributed by atoms with Crippen molar-refractivity contribution in [3.63, 3.8) is 0 Å². The Bertz CT molecular complexity index is 196. The minimum atomic E-state index is 0.796. The Morgan fingerprint density at radius 1 is 1.00 bits per heavy atom. The van der Waals surface area contributed by atoms with Crippen molar-refractivity contribution in [2.75, 3.05) is 26.2 Å². The molecule has 0 radical (unpaired) electrons. The second kappa shape index (κ2) is 4.64. The van der Waals surface area contributed by atoms with Gasteiger partial charge in [0.15, 0.2) is 0 Å². The largest absolute Gasteiger partial charge is 0.314 e. The molecule has 13 heavy (non-hydrogen) atoms. The fourth-order valence-electron chi connectivity index (χ4n) is 2.21. The van der Waals surface area contributed by atoms with Crippen LogP contribution >= 0.6 is 0 Å². The topological polar surface area (TPSA) is 15.3 Å². The first-order chi connectivity index (χ1) is 6.47. The first-order valence-corrected chi connectivity index (χ1v) is 5.37. The first-order valence-electron chi connectivity index (χ1n) is 5.37. The van der Waals surface area contributed by atoms with Crippen LogP contribution in [-0.4, -0.2) is 37.1 Å². The molecule has 0 bridgehead atoms. The van der Waals surface area contributed by atoms with Crippen LogP contribution in [0.4, 0.5) is 0 Å². The van der Waals surface area contributed by atoms with Gasteiger partial charge < -0.3 is 5.32 Å². The summed E-state index contributed by atoms with van der Waals surface area (Å²) >= 11 is 0. The molecule has 0 atom stereocenters. The van der Waals surface area contributed by atoms with Crippen LogP contribution in [0, 0.1) is 11.8 Å². The highest BCUT2D eigenvalue weighted by molar-refractivity contribution is 5.03. The molecule has 0 aromatic rings. The average Bonchev–Trinajstić information content (AvgIpc) is 2.47. The lowest BCUT2D eigenvalue weighted by atomic mass is 10.1. The maximum atomic E-state index is 3.40. The van der Waals surface area contributed by atoms with Crippen molar-refractivity contribution in [1.29, 1.82) is 0 Å². The summed E-state index contributed by atoms with van der Waals surface area (Å²) in [6.45, 7) is 4.78. The summed E-state index contributed by atoms with van der Waals surface area (Å²) in [7, 11) is 0. The van der Waals surface area contributed by atoms with E-state index in [1.54, 1.807) is 0 Å². The number of hydrogen-bond acceptors (Lipinski definition) is 2. The summed E-state index contributed by atoms with van der Waals surface area (Å²) in [4.78, 5) is 2.63. The van der Waals surface area contributed by atoms with E-state index in [0.717, 1.165) is 32.0 Å². The van der Waals surface area contributed by atoms with Gasteiger partial charge in [0, 0.05) is 45.1 Å². The Hall–Kier alpha value is -0.520. The van der Waals surface area contributed by atoms with Gasteiger partial charge in [0.25, 0.3) is 0 Å². The zero-order valence-electron chi connectivity index (χ0n) is 8.18. The third kappa shape index (κ3) is 2.46. The van der Waals surface area contributed by atoms with Gasteiger partial charge in [-0.1, -0.05) is 0 Å². The van der Waals surface area contributed by atoms with Crippen LogP contribution < -0.4 is 5.32 Å². The Labute approximate surface area is 80.7 Å². The molecule has 1 aliphatic carbocycles. The molecule has 1 heterocycles. The van der Waals surface area contributed by atoms with Gasteiger partial charge in [-0.2, -0.15) is 0 Å². The summed E-state index contributed by atoms with van der Waals surface area (Å²) in [5.41, 5.74) is 0. The minimum absolute atomic E-state index is 0.796. The average molecular weight is 178 g/mol. The molecule has 2 nitrogen and oxygen atoms in total. The van der Waals surface area contributed by atoms with Gasteiger partial charge in [-0.15, -0.1) is 11.8 Å². The van der Waals surface area contributed by atoms with Crippen molar-refractivity contribution in [2.24, 2.45) is 0 Å². The van der Waals surface area contributed by atoms with Crippen LogP contribution in [0.1, 0.15) is 25.7 Å². The molecule has 1 saturated heterocycles. The third-order valence-electron chi connectivity index (χ3n) is 3.00. The molecule has 1 fully saturated rings. The van der Waals surface area contributed by atoms with Gasteiger partial charge >= 0.3 is 0 Å². The molecule has 0 amide bonds. The van der Waals surface area contributed by atoms with Crippen LogP contribution in [0.3, 0.4) is 0 Å². The molecular weight excluding hydrogens is 160 g/mol. The summed E-state index contributed by atoms with van der Waals surface area (Å²) in [6, 6.07) is 0.796. The van der Waals surface area contributed by atoms with Gasteiger partial charge in [-0.05, 0) is 12.8 Å². The predicted molar refractivity (Wildman–Crippen MR) is 54.5 cm³/mol. The standard InChI is InChI=1S/C11H18N2/c1-2-4-6-11(5-3-1)13-9-7-12-8-10-13/h11-12H,3-10H2. The van der Waals surface area contributed by atoms with Crippen molar-refractivity contribution in [1.82, 2.24) is 10.2 Å². The zero-order valence-corrected chi connectivity index (χ0v) is 8.18. The molecule has 2 rings (SSSR count). The molecule has 0 unspecified atom stereocenters. The molecule has 0 spiro atoms. The van der Waals surface area contributed by atoms with Crippen molar-refractivity contribution in [2.45, 2.75) is 31.7 Å². The Kier molecular flexibility index (Phi) is 3.23. The summed E-state index contributed by atoms with van der Waals surface area (Å²) < 4.78 is 0. The lowest BCUT2D eigenvalue weighted by Gasteiger charge is -2.34. The van der Waals surface area contributed by atoms with E-state index < -0.39 is 0 Å². The van der Waals surface area contributed by atoms with E-state index in [4.69, 9.17) is 0 Å². The summed E-state index contributed by atoms with van der Waals surface area (Å²) in [5, 5.41) is 3.40. The van der Waals surface area contributed by atoms with Crippen molar-refractivity contribution in [3.8, 4) is 11.8 Å². The highest BCUT2D eigenvalue weighted by Gasteiger charge is 2.19. The van der Waals surface area contributed by atoms with Crippen LogP contribution in [0.15, 0.2) is 0 Å². The molecule has 72 valence electrons. The molecule has 0 aromatic heterocycles. The lowest BCUT2D eigenvalue weighted by Crippen LogP contribution is -2.48. The minimum Gasteiger partial charge on any atom is -0.314 e. The van der Waals surface area contributed by atoms with Gasteiger partial charge in [-0.3, -0.25) is 4.90 Å². The molecule has 2 heteroatoms. The van der Waals surface area contributed by atoms with Gasteiger partial charge in [-0.25, -0.2) is 0 Å². The SMILES string of the molecule is C1#CCCC(N2CCNCC2)CC1. The first kappa shape index (κ1) is 9.05. The maximum absolute atomic E-state index is 3.40. The number of rotatable bonds is 1. The van der Waals surface area contributed by atoms with Crippen LogP contribution in [0.5, 0.6) is 0 Å². The second-order valence-electron chi connectivity index (χ2n) is 3.87. The number of piperazine rings is 1. The lowest BCUT2D eigenvalue weighted by molar-refractivity contribution is 0.160. The quantitative estimate of drug-likeness (QED) is 0.599. The highest BCUT2D eigenvalue weighted by Crippen LogP contribution is 2.15. The van der Waals surface area contributed by atoms with E-state index in [9.17, 15) is 0 Å². The fourth-order valence-corrected chi connectivity index (χ4v) is 2.21. The van der Waals surface area contributed by atoms with E-state index in [2.05, 4.69) is 22.1 Å². The van der Waals surface area contributed by atoms with Gasteiger partial charge in [0.2, 0.25) is 0 Å². The molecule has 2 aliphatic rings. The summed E-state index contributed by atoms with van der Waals surface area (Å²) in [5.74, 6) is 6.45. The summed E-state index contributed by atoms with van der Waals surface area (Å²) in [6.07, 6.45) is 4.78. The highest BCUT2D eigenvalue weighted by atomic mass is 15.2. The smallest absolute Gasteiger partial charge is 0.0114 e. The van der Waals surface area contributed by atoms with Crippen LogP contribution in [0.2, 0.25) is 0 Å². The molecular formula is C11H18N2. The predicted octanol–water partition coefficient (Wildman–Crippen LogP) is 0.838. The molecule has 1 N–H and O–H groups in total. The zero-order chi connectivity index (χ0) is 8.93. The Morgan fingerprint density at radius 3 is 2.23 bits per heavy atom. The van der Waals surface area contributed by atoms with Crippen molar-refractivity contribution in [3.05, 3.63) is 0 Å². The Balaban J connectivity index is 1.84. The molecule has 0 aromatic carbocycles. The van der Waals surface area contributed by atoms with Crippen molar-refractivity contribution < 1.29 is 0 Å². The number of hydrogen-bond donors (Lipinski definition) is 1. The van der Waals surface area contributed by atoms with Gasteiger partial charge in [0.1, 0.15) is 0 Å². The number of nitrogens with zero attached hydrogens (tertiary/aromatic N) is 1.